The van der Waals surface area contributed by atoms with E-state index in [1.807, 2.05) is 13.8 Å². The molecule has 0 spiro atoms. The lowest BCUT2D eigenvalue weighted by Gasteiger charge is -2.26. The van der Waals surface area contributed by atoms with Crippen molar-refractivity contribution in [1.29, 1.82) is 0 Å². The second kappa shape index (κ2) is 21.3. The summed E-state index contributed by atoms with van der Waals surface area (Å²) in [6.07, 6.45) is 1.87. The van der Waals surface area contributed by atoms with E-state index < -0.39 is 24.0 Å². The molecule has 254 valence electrons. The van der Waals surface area contributed by atoms with E-state index >= 15 is 0 Å². The lowest BCUT2D eigenvalue weighted by molar-refractivity contribution is -1.05. The second-order valence-corrected chi connectivity index (χ2v) is 12.0. The van der Waals surface area contributed by atoms with Gasteiger partial charge in [0.05, 0.1) is 23.3 Å². The molecule has 0 fully saturated rings. The Hall–Kier alpha value is -4.51. The molecular weight excluding hydrogens is 592 g/mol. The number of carboxylic acid groups (broad SMARTS) is 2. The number of esters is 1. The summed E-state index contributed by atoms with van der Waals surface area (Å²) in [5.74, 6) is -0.688. The number of hydrogen-bond acceptors (Lipinski definition) is 7. The second-order valence-electron chi connectivity index (χ2n) is 12.0. The molecule has 1 amide bonds. The number of nitrogens with one attached hydrogen (secondary N) is 1. The molecule has 0 aliphatic heterocycles. The van der Waals surface area contributed by atoms with Crippen LogP contribution in [0.15, 0.2) is 60.7 Å². The van der Waals surface area contributed by atoms with Crippen molar-refractivity contribution in [3.05, 3.63) is 82.9 Å². The molecule has 1 atom stereocenters. The summed E-state index contributed by atoms with van der Waals surface area (Å²) in [6.45, 7) is 17.1. The molecule has 0 aliphatic carbocycles. The number of nitrogens with zero attached hydrogens (tertiary/aromatic N) is 1. The number of carbonyl (C=O) groups is 5. The van der Waals surface area contributed by atoms with Gasteiger partial charge in [-0.1, -0.05) is 46.4 Å². The van der Waals surface area contributed by atoms with Gasteiger partial charge >= 0.3 is 24.0 Å². The Kier molecular flexibility index (Phi) is 19.2. The number of hydrogen-bond donors (Lipinski definition) is 3. The van der Waals surface area contributed by atoms with Gasteiger partial charge in [-0.05, 0) is 86.9 Å². The molecule has 3 N–H and O–H groups in total. The molecule has 0 saturated carbocycles. The van der Waals surface area contributed by atoms with Gasteiger partial charge in [0.25, 0.3) is 0 Å². The summed E-state index contributed by atoms with van der Waals surface area (Å²) in [4.78, 5) is 60.6. The Morgan fingerprint density at radius 2 is 1.30 bits per heavy atom. The summed E-state index contributed by atoms with van der Waals surface area (Å²) in [5.41, 5.74) is 2.48. The van der Waals surface area contributed by atoms with Gasteiger partial charge in [0, 0.05) is 12.1 Å². The molecule has 0 saturated heterocycles. The number of benzene rings is 2. The minimum atomic E-state index is -1.01. The van der Waals surface area contributed by atoms with Crippen LogP contribution in [0.5, 0.6) is 0 Å². The van der Waals surface area contributed by atoms with Gasteiger partial charge in [0.1, 0.15) is 20.6 Å². The number of rotatable bonds is 14. The molecule has 0 radical (unpaired) electrons. The van der Waals surface area contributed by atoms with E-state index in [1.165, 1.54) is 31.2 Å². The summed E-state index contributed by atoms with van der Waals surface area (Å²) >= 11 is 0. The van der Waals surface area contributed by atoms with Crippen LogP contribution in [0.1, 0.15) is 102 Å². The predicted octanol–water partition coefficient (Wildman–Crippen LogP) is 6.89. The van der Waals surface area contributed by atoms with Crippen molar-refractivity contribution in [3.8, 4) is 0 Å². The van der Waals surface area contributed by atoms with Crippen LogP contribution in [-0.2, 0) is 9.57 Å². The molecule has 2 aromatic carbocycles. The first-order valence-electron chi connectivity index (χ1n) is 15.2. The first-order chi connectivity index (χ1) is 21.4. The topological polar surface area (TPSA) is 156 Å². The zero-order valence-corrected chi connectivity index (χ0v) is 28.4. The fraction of sp³-hybridized carbons (Fsp3) is 0.457. The maximum absolute atomic E-state index is 12.0. The average molecular weight is 644 g/mol. The number of ether oxygens (including phenoxy) is 1. The van der Waals surface area contributed by atoms with Crippen LogP contribution >= 0.6 is 0 Å². The zero-order chi connectivity index (χ0) is 35.4. The summed E-state index contributed by atoms with van der Waals surface area (Å²) in [6, 6.07) is 12.2. The molecular formula is C35H51N2O9+. The Balaban J connectivity index is 0.000000732. The number of hydroxylamine groups is 3. The van der Waals surface area contributed by atoms with Crippen molar-refractivity contribution in [1.82, 2.24) is 5.32 Å². The van der Waals surface area contributed by atoms with E-state index in [-0.39, 0.29) is 16.0 Å². The van der Waals surface area contributed by atoms with Gasteiger partial charge in [0.2, 0.25) is 0 Å². The number of aromatic carboxylic acids is 1. The molecule has 0 bridgehead atoms. The van der Waals surface area contributed by atoms with E-state index in [2.05, 4.69) is 32.7 Å². The SMILES string of the molecule is C=C(C)C[N+](C)(C)OC(=O)c1ccc(C(C)=O)cc1.CC(C)CC(C)CCOC(=O)c1ccc(C(=O)O)cc1.CCCNC(=O)O. The Bertz CT molecular complexity index is 1280. The number of ketones is 1. The number of amides is 1. The maximum Gasteiger partial charge on any atom is 0.404 e. The van der Waals surface area contributed by atoms with E-state index in [1.54, 1.807) is 38.4 Å². The molecule has 11 nitrogen and oxygen atoms in total. The van der Waals surface area contributed by atoms with Crippen molar-refractivity contribution in [2.24, 2.45) is 11.8 Å². The third-order valence-electron chi connectivity index (χ3n) is 6.12. The number of carboxylic acids is 1. The Morgan fingerprint density at radius 3 is 1.70 bits per heavy atom. The predicted molar refractivity (Wildman–Crippen MR) is 177 cm³/mol. The minimum Gasteiger partial charge on any atom is -0.478 e. The van der Waals surface area contributed by atoms with Crippen molar-refractivity contribution < 1.29 is 48.4 Å². The molecule has 11 heteroatoms. The van der Waals surface area contributed by atoms with E-state index in [9.17, 15) is 24.0 Å². The first-order valence-corrected chi connectivity index (χ1v) is 15.2. The van der Waals surface area contributed by atoms with Crippen molar-refractivity contribution in [2.45, 2.75) is 60.8 Å². The molecule has 0 aromatic heterocycles. The van der Waals surface area contributed by atoms with Crippen molar-refractivity contribution in [2.75, 3.05) is 33.8 Å². The van der Waals surface area contributed by atoms with Crippen LogP contribution in [0.2, 0.25) is 0 Å². The van der Waals surface area contributed by atoms with Crippen LogP contribution < -0.4 is 5.32 Å². The first kappa shape index (κ1) is 41.5. The highest BCUT2D eigenvalue weighted by molar-refractivity contribution is 5.96. The standard InChI is InChI=1S/C16H22O4.C15H20NO3.C4H9NO2/c1-11(2)10-12(3)8-9-20-16(19)14-6-4-13(5-7-14)15(17)18;1-11(2)10-16(4,5)19-15(18)14-8-6-13(7-9-14)12(3)17;1-2-3-5-4(6)7/h4-7,11-12H,8-10H2,1-3H3,(H,17,18);6-9H,1,10H2,2-5H3;5H,2-3H2,1H3,(H,6,7)/q;+1;. The van der Waals surface area contributed by atoms with Gasteiger partial charge < -0.3 is 20.3 Å². The van der Waals surface area contributed by atoms with Gasteiger partial charge in [-0.15, -0.1) is 4.65 Å². The van der Waals surface area contributed by atoms with Crippen molar-refractivity contribution >= 4 is 29.8 Å². The number of carbonyl (C=O) groups excluding carboxylic acids is 3. The third kappa shape index (κ3) is 19.0. The fourth-order valence-electron chi connectivity index (χ4n) is 4.14. The minimum absolute atomic E-state index is 0.0293. The summed E-state index contributed by atoms with van der Waals surface area (Å²) < 4.78 is 5.28. The van der Waals surface area contributed by atoms with Crippen LogP contribution in [0.4, 0.5) is 4.79 Å². The lowest BCUT2D eigenvalue weighted by atomic mass is 9.96. The highest BCUT2D eigenvalue weighted by Gasteiger charge is 2.23. The molecule has 2 aromatic rings. The van der Waals surface area contributed by atoms with Crippen LogP contribution in [-0.4, -0.2) is 78.4 Å². The third-order valence-corrected chi connectivity index (χ3v) is 6.12. The highest BCUT2D eigenvalue weighted by Crippen LogP contribution is 2.15. The smallest absolute Gasteiger partial charge is 0.404 e. The van der Waals surface area contributed by atoms with Gasteiger partial charge in [-0.25, -0.2) is 19.2 Å². The summed E-state index contributed by atoms with van der Waals surface area (Å²) in [7, 11) is 3.58. The zero-order valence-electron chi connectivity index (χ0n) is 28.4. The average Bonchev–Trinajstić information content (AvgIpc) is 2.95. The molecule has 0 aliphatic rings. The molecule has 46 heavy (non-hydrogen) atoms. The largest absolute Gasteiger partial charge is 0.478 e. The Labute approximate surface area is 272 Å². The van der Waals surface area contributed by atoms with E-state index in [0.29, 0.717) is 48.2 Å². The number of Topliss-reactive ketones (excluding diaryl/α,β-unsaturated/α-hetero) is 1. The van der Waals surface area contributed by atoms with Crippen molar-refractivity contribution in [3.63, 3.8) is 0 Å². The lowest BCUT2D eigenvalue weighted by Crippen LogP contribution is -2.42. The monoisotopic (exact) mass is 643 g/mol. The molecule has 1 unspecified atom stereocenters. The van der Waals surface area contributed by atoms with Gasteiger partial charge in [0.15, 0.2) is 5.78 Å². The van der Waals surface area contributed by atoms with Crippen LogP contribution in [0, 0.1) is 11.8 Å². The number of likely N-dealkylation sites (N-methyl/N-ethyl adjacent to an activating group) is 1. The molecule has 0 heterocycles. The maximum atomic E-state index is 12.0. The van der Waals surface area contributed by atoms with Gasteiger partial charge in [-0.3, -0.25) is 9.63 Å². The van der Waals surface area contributed by atoms with Crippen LogP contribution in [0.3, 0.4) is 0 Å². The highest BCUT2D eigenvalue weighted by atomic mass is 16.7. The van der Waals surface area contributed by atoms with E-state index in [4.69, 9.17) is 19.8 Å². The van der Waals surface area contributed by atoms with Crippen LogP contribution in [0.25, 0.3) is 0 Å². The van der Waals surface area contributed by atoms with Gasteiger partial charge in [-0.2, -0.15) is 0 Å². The fourth-order valence-corrected chi connectivity index (χ4v) is 4.14. The Morgan fingerprint density at radius 1 is 0.826 bits per heavy atom. The normalized spacial score (nSPS) is 11.1. The quantitative estimate of drug-likeness (QED) is 0.0656. The molecule has 2 rings (SSSR count). The summed E-state index contributed by atoms with van der Waals surface area (Å²) in [5, 5.41) is 18.9. The number of quaternary nitrogens is 1. The van der Waals surface area contributed by atoms with E-state index in [0.717, 1.165) is 24.8 Å².